The summed E-state index contributed by atoms with van der Waals surface area (Å²) >= 11 is 0. The number of guanidine groups is 1. The number of H-pyrrole nitrogens is 1. The zero-order valence-corrected chi connectivity index (χ0v) is 25.5. The molecule has 43 heavy (non-hydrogen) atoms. The lowest BCUT2D eigenvalue weighted by Crippen LogP contribution is -2.41. The molecule has 0 amide bonds. The summed E-state index contributed by atoms with van der Waals surface area (Å²) in [6.45, 7) is 15.2. The van der Waals surface area contributed by atoms with Crippen LogP contribution < -0.4 is 21.3 Å². The van der Waals surface area contributed by atoms with Gasteiger partial charge < -0.3 is 20.1 Å². The molecule has 0 unspecified atom stereocenters. The molecule has 0 spiro atoms. The Labute approximate surface area is 250 Å². The van der Waals surface area contributed by atoms with Crippen LogP contribution in [0.25, 0.3) is 16.7 Å². The molecule has 0 aliphatic carbocycles. The summed E-state index contributed by atoms with van der Waals surface area (Å²) in [5.74, 6) is 0.909. The molecule has 226 valence electrons. The molecular formula is C31H40N10O2. The lowest BCUT2D eigenvalue weighted by atomic mass is 10.0. The quantitative estimate of drug-likeness (QED) is 0.183. The minimum absolute atomic E-state index is 0.170. The van der Waals surface area contributed by atoms with Crippen molar-refractivity contribution in [1.82, 2.24) is 29.0 Å². The predicted molar refractivity (Wildman–Crippen MR) is 175 cm³/mol. The van der Waals surface area contributed by atoms with E-state index in [4.69, 9.17) is 4.99 Å². The van der Waals surface area contributed by atoms with Gasteiger partial charge in [-0.25, -0.2) is 19.0 Å². The molecule has 5 rings (SSSR count). The first kappa shape index (κ1) is 29.8. The van der Waals surface area contributed by atoms with Crippen LogP contribution in [0.3, 0.4) is 0 Å². The largest absolute Gasteiger partial charge is 0.370 e. The van der Waals surface area contributed by atoms with Gasteiger partial charge in [-0.05, 0) is 78.7 Å². The highest BCUT2D eigenvalue weighted by Gasteiger charge is 2.23. The molecule has 2 N–H and O–H groups in total. The number of hydrogen-bond acceptors (Lipinski definition) is 6. The summed E-state index contributed by atoms with van der Waals surface area (Å²) in [5.41, 5.74) is 2.87. The molecule has 12 heteroatoms. The van der Waals surface area contributed by atoms with Crippen LogP contribution >= 0.6 is 0 Å². The highest BCUT2D eigenvalue weighted by atomic mass is 16.1. The molecule has 1 aromatic carbocycles. The number of aromatic nitrogens is 5. The molecule has 1 fully saturated rings. The maximum absolute atomic E-state index is 13.3. The van der Waals surface area contributed by atoms with E-state index in [0.29, 0.717) is 23.2 Å². The number of aromatic amines is 1. The Morgan fingerprint density at radius 3 is 2.60 bits per heavy atom. The van der Waals surface area contributed by atoms with Crippen LogP contribution in [-0.4, -0.2) is 74.9 Å². The Hall–Kier alpha value is -4.71. The Bertz CT molecular complexity index is 1800. The number of fused-ring (bicyclic) bond motifs is 1. The Morgan fingerprint density at radius 2 is 1.95 bits per heavy atom. The fraction of sp³-hybridized carbons (Fsp3) is 0.387. The number of benzene rings is 1. The number of nitrogens with zero attached hydrogens (tertiary/aromatic N) is 8. The van der Waals surface area contributed by atoms with Crippen molar-refractivity contribution in [2.45, 2.75) is 52.2 Å². The van der Waals surface area contributed by atoms with Crippen LogP contribution in [-0.2, 0) is 6.54 Å². The monoisotopic (exact) mass is 584 g/mol. The number of hydrogen-bond donors (Lipinski definition) is 2. The molecule has 0 saturated carbocycles. The second-order valence-corrected chi connectivity index (χ2v) is 11.3. The van der Waals surface area contributed by atoms with Crippen molar-refractivity contribution in [2.75, 3.05) is 37.4 Å². The van der Waals surface area contributed by atoms with E-state index in [0.717, 1.165) is 42.5 Å². The molecule has 0 radical (unpaired) electrons. The van der Waals surface area contributed by atoms with E-state index in [-0.39, 0.29) is 29.7 Å². The van der Waals surface area contributed by atoms with E-state index in [1.807, 2.05) is 26.0 Å². The first-order valence-electron chi connectivity index (χ1n) is 14.5. The molecule has 12 nitrogen and oxygen atoms in total. The van der Waals surface area contributed by atoms with Gasteiger partial charge in [0, 0.05) is 48.0 Å². The summed E-state index contributed by atoms with van der Waals surface area (Å²) in [7, 11) is 4.30. The van der Waals surface area contributed by atoms with Crippen LogP contribution in [0.5, 0.6) is 0 Å². The highest BCUT2D eigenvalue weighted by Crippen LogP contribution is 2.31. The minimum atomic E-state index is -0.249. The molecule has 1 saturated heterocycles. The van der Waals surface area contributed by atoms with Gasteiger partial charge in [0.15, 0.2) is 11.6 Å². The predicted octanol–water partition coefficient (Wildman–Crippen LogP) is 4.08. The maximum atomic E-state index is 13.3. The standard InChI is InChI=1S/C31H40N10O2/c1-8-15-39-30(43)21(4)29(41(39)27-11-12-28(42)40(36-27)20(2)3)35-31(32-5)34-22-9-10-24-25(18-22)33-19-26(24)38-16-13-23(14-17-38)37(6)7/h8-12,18-20,23,33H,1,5,13-17H2,2-4,6-7H3,(H,34,35). The Morgan fingerprint density at radius 1 is 1.21 bits per heavy atom. The Balaban J connectivity index is 1.48. The van der Waals surface area contributed by atoms with Gasteiger partial charge in [0.1, 0.15) is 0 Å². The first-order valence-corrected chi connectivity index (χ1v) is 14.5. The van der Waals surface area contributed by atoms with Crippen molar-refractivity contribution in [2.24, 2.45) is 9.98 Å². The number of allylic oxidation sites excluding steroid dienone is 1. The average molecular weight is 585 g/mol. The van der Waals surface area contributed by atoms with E-state index < -0.39 is 0 Å². The topological polar surface area (TPSA) is 121 Å². The number of nitrogens with one attached hydrogen (secondary N) is 2. The number of anilines is 2. The van der Waals surface area contributed by atoms with E-state index >= 15 is 0 Å². The zero-order valence-electron chi connectivity index (χ0n) is 25.5. The third-order valence-electron chi connectivity index (χ3n) is 7.96. The van der Waals surface area contributed by atoms with Crippen molar-refractivity contribution < 1.29 is 0 Å². The first-order chi connectivity index (χ1) is 20.6. The molecule has 1 aliphatic rings. The summed E-state index contributed by atoms with van der Waals surface area (Å²) in [6.07, 6.45) is 5.96. The van der Waals surface area contributed by atoms with Gasteiger partial charge in [0.25, 0.3) is 11.1 Å². The van der Waals surface area contributed by atoms with Gasteiger partial charge in [0.2, 0.25) is 5.96 Å². The fourth-order valence-corrected chi connectivity index (χ4v) is 5.61. The number of rotatable bonds is 8. The van der Waals surface area contributed by atoms with Crippen molar-refractivity contribution in [3.8, 4) is 5.82 Å². The molecule has 1 aliphatic heterocycles. The SMILES string of the molecule is C=CCn1c(=O)c(C)c(/N=C(\N=C)Nc2ccc3c(N4CCC(N(C)C)CC4)c[nH]c3c2)n1-c1ccc(=O)n(C(C)C)n1. The van der Waals surface area contributed by atoms with E-state index in [2.05, 4.69) is 69.8 Å². The second kappa shape index (κ2) is 12.3. The normalized spacial score (nSPS) is 14.7. The van der Waals surface area contributed by atoms with Crippen LogP contribution in [0.2, 0.25) is 0 Å². The molecule has 0 atom stereocenters. The van der Waals surface area contributed by atoms with Gasteiger partial charge in [-0.3, -0.25) is 9.59 Å². The molecule has 4 heterocycles. The van der Waals surface area contributed by atoms with Gasteiger partial charge >= 0.3 is 0 Å². The summed E-state index contributed by atoms with van der Waals surface area (Å²) < 4.78 is 4.44. The second-order valence-electron chi connectivity index (χ2n) is 11.3. The van der Waals surface area contributed by atoms with Crippen LogP contribution in [0.1, 0.15) is 38.3 Å². The van der Waals surface area contributed by atoms with Crippen molar-refractivity contribution >= 4 is 40.8 Å². The third kappa shape index (κ3) is 5.82. The van der Waals surface area contributed by atoms with Crippen molar-refractivity contribution in [3.63, 3.8) is 0 Å². The minimum Gasteiger partial charge on any atom is -0.370 e. The zero-order chi connectivity index (χ0) is 30.8. The van der Waals surface area contributed by atoms with Crippen LogP contribution in [0, 0.1) is 6.92 Å². The smallest absolute Gasteiger partial charge is 0.272 e. The number of aliphatic imine (C=N–C) groups is 2. The fourth-order valence-electron chi connectivity index (χ4n) is 5.61. The molecular weight excluding hydrogens is 544 g/mol. The lowest BCUT2D eigenvalue weighted by molar-refractivity contribution is 0.250. The van der Waals surface area contributed by atoms with E-state index in [1.165, 1.54) is 21.1 Å². The molecule has 4 aromatic rings. The van der Waals surface area contributed by atoms with Crippen molar-refractivity contribution in [3.05, 3.63) is 75.5 Å². The van der Waals surface area contributed by atoms with E-state index in [1.54, 1.807) is 23.7 Å². The number of piperidine rings is 1. The average Bonchev–Trinajstić information content (AvgIpc) is 3.51. The molecule has 3 aromatic heterocycles. The van der Waals surface area contributed by atoms with Crippen LogP contribution in [0.15, 0.2) is 68.8 Å². The van der Waals surface area contributed by atoms with Crippen LogP contribution in [0.4, 0.5) is 17.2 Å². The summed E-state index contributed by atoms with van der Waals surface area (Å²) in [5, 5.41) is 8.92. The summed E-state index contributed by atoms with van der Waals surface area (Å²) in [6, 6.07) is 9.54. The van der Waals surface area contributed by atoms with E-state index in [9.17, 15) is 9.59 Å². The van der Waals surface area contributed by atoms with Gasteiger partial charge in [-0.15, -0.1) is 11.7 Å². The van der Waals surface area contributed by atoms with Gasteiger partial charge in [-0.2, -0.15) is 4.99 Å². The maximum Gasteiger partial charge on any atom is 0.272 e. The van der Waals surface area contributed by atoms with Gasteiger partial charge in [-0.1, -0.05) is 6.08 Å². The Kier molecular flexibility index (Phi) is 8.49. The van der Waals surface area contributed by atoms with Crippen molar-refractivity contribution in [1.29, 1.82) is 0 Å². The lowest BCUT2D eigenvalue weighted by Gasteiger charge is -2.36. The van der Waals surface area contributed by atoms with Gasteiger partial charge in [0.05, 0.1) is 23.8 Å². The summed E-state index contributed by atoms with van der Waals surface area (Å²) in [4.78, 5) is 42.7. The molecule has 0 bridgehead atoms. The third-order valence-corrected chi connectivity index (χ3v) is 7.96. The highest BCUT2D eigenvalue weighted by molar-refractivity contribution is 6.01.